The Morgan fingerprint density at radius 3 is 1.83 bits per heavy atom. The monoisotopic (exact) mass is 239 g/mol. The van der Waals surface area contributed by atoms with Crippen LogP contribution < -0.4 is 5.73 Å². The zero-order chi connectivity index (χ0) is 12.8. The Labute approximate surface area is 110 Å². The zero-order valence-electron chi connectivity index (χ0n) is 10.9. The Kier molecular flexibility index (Phi) is 4.54. The number of rotatable bonds is 5. The van der Waals surface area contributed by atoms with E-state index in [0.29, 0.717) is 5.92 Å². The summed E-state index contributed by atoms with van der Waals surface area (Å²) in [5, 5.41) is 0. The molecule has 0 aliphatic heterocycles. The van der Waals surface area contributed by atoms with Gasteiger partial charge in [0.05, 0.1) is 0 Å². The topological polar surface area (TPSA) is 26.0 Å². The molecular formula is C17H21N. The lowest BCUT2D eigenvalue weighted by atomic mass is 9.92. The molecular weight excluding hydrogens is 218 g/mol. The molecule has 1 nitrogen and oxygen atoms in total. The highest BCUT2D eigenvalue weighted by atomic mass is 14.6. The van der Waals surface area contributed by atoms with Crippen molar-refractivity contribution in [3.8, 4) is 0 Å². The van der Waals surface area contributed by atoms with E-state index in [0.717, 1.165) is 12.8 Å². The number of benzene rings is 2. The summed E-state index contributed by atoms with van der Waals surface area (Å²) in [6.45, 7) is 2.27. The summed E-state index contributed by atoms with van der Waals surface area (Å²) in [5.41, 5.74) is 8.86. The maximum absolute atomic E-state index is 6.22. The Hall–Kier alpha value is -1.60. The molecule has 0 unspecified atom stereocenters. The maximum Gasteiger partial charge on any atom is 0.0295 e. The maximum atomic E-state index is 6.22. The van der Waals surface area contributed by atoms with Gasteiger partial charge < -0.3 is 5.73 Å². The van der Waals surface area contributed by atoms with Gasteiger partial charge in [0.25, 0.3) is 0 Å². The first-order valence-electron chi connectivity index (χ1n) is 6.63. The fraction of sp³-hybridized carbons (Fsp3) is 0.294. The van der Waals surface area contributed by atoms with Crippen molar-refractivity contribution < 1.29 is 0 Å². The van der Waals surface area contributed by atoms with E-state index >= 15 is 0 Å². The molecule has 0 heterocycles. The molecule has 1 heteroatoms. The number of hydrogen-bond donors (Lipinski definition) is 1. The van der Waals surface area contributed by atoms with Gasteiger partial charge in [-0.2, -0.15) is 0 Å². The van der Waals surface area contributed by atoms with E-state index in [4.69, 9.17) is 5.73 Å². The van der Waals surface area contributed by atoms with Crippen LogP contribution in [0.25, 0.3) is 0 Å². The van der Waals surface area contributed by atoms with Crippen molar-refractivity contribution in [3.63, 3.8) is 0 Å². The lowest BCUT2D eigenvalue weighted by Gasteiger charge is -2.16. The Balaban J connectivity index is 1.89. The summed E-state index contributed by atoms with van der Waals surface area (Å²) in [5.74, 6) is 0.570. The Morgan fingerprint density at radius 2 is 1.28 bits per heavy atom. The fourth-order valence-electron chi connectivity index (χ4n) is 2.24. The minimum absolute atomic E-state index is 0.150. The predicted molar refractivity (Wildman–Crippen MR) is 77.5 cm³/mol. The van der Waals surface area contributed by atoms with Gasteiger partial charge in [0.1, 0.15) is 0 Å². The summed E-state index contributed by atoms with van der Waals surface area (Å²) < 4.78 is 0. The first-order chi connectivity index (χ1) is 8.77. The van der Waals surface area contributed by atoms with E-state index in [-0.39, 0.29) is 6.04 Å². The second-order valence-electron chi connectivity index (χ2n) is 4.91. The molecule has 2 rings (SSSR count). The molecule has 0 aromatic heterocycles. The van der Waals surface area contributed by atoms with E-state index in [9.17, 15) is 0 Å². The third kappa shape index (κ3) is 3.44. The molecule has 18 heavy (non-hydrogen) atoms. The zero-order valence-corrected chi connectivity index (χ0v) is 10.9. The van der Waals surface area contributed by atoms with E-state index in [1.807, 2.05) is 6.07 Å². The lowest BCUT2D eigenvalue weighted by Crippen LogP contribution is -2.11. The number of hydrogen-bond acceptors (Lipinski definition) is 1. The minimum Gasteiger partial charge on any atom is -0.324 e. The van der Waals surface area contributed by atoms with Crippen molar-refractivity contribution in [2.45, 2.75) is 31.7 Å². The van der Waals surface area contributed by atoms with Crippen molar-refractivity contribution in [2.24, 2.45) is 5.73 Å². The Morgan fingerprint density at radius 1 is 0.778 bits per heavy atom. The smallest absolute Gasteiger partial charge is 0.0295 e. The summed E-state index contributed by atoms with van der Waals surface area (Å²) in [6, 6.07) is 21.1. The van der Waals surface area contributed by atoms with Crippen molar-refractivity contribution in [1.29, 1.82) is 0 Å². The highest BCUT2D eigenvalue weighted by Gasteiger charge is 2.09. The van der Waals surface area contributed by atoms with Gasteiger partial charge in [-0.05, 0) is 29.9 Å². The Bertz CT molecular complexity index is 404. The quantitative estimate of drug-likeness (QED) is 0.828. The SMILES string of the molecule is C[C@H](CC[C@@H](N)c1ccccc1)c1ccccc1. The lowest BCUT2D eigenvalue weighted by molar-refractivity contribution is 0.559. The van der Waals surface area contributed by atoms with Crippen LogP contribution in [-0.4, -0.2) is 0 Å². The van der Waals surface area contributed by atoms with Crippen LogP contribution in [0.2, 0.25) is 0 Å². The van der Waals surface area contributed by atoms with E-state index in [1.165, 1.54) is 11.1 Å². The molecule has 2 N–H and O–H groups in total. The van der Waals surface area contributed by atoms with Gasteiger partial charge in [0.15, 0.2) is 0 Å². The van der Waals surface area contributed by atoms with Crippen LogP contribution in [0.4, 0.5) is 0 Å². The van der Waals surface area contributed by atoms with E-state index in [1.54, 1.807) is 0 Å². The summed E-state index contributed by atoms with van der Waals surface area (Å²) >= 11 is 0. The largest absolute Gasteiger partial charge is 0.324 e. The molecule has 2 aromatic rings. The van der Waals surface area contributed by atoms with Crippen LogP contribution in [0.15, 0.2) is 60.7 Å². The minimum atomic E-state index is 0.150. The molecule has 0 fully saturated rings. The van der Waals surface area contributed by atoms with Crippen LogP contribution >= 0.6 is 0 Å². The van der Waals surface area contributed by atoms with Gasteiger partial charge in [-0.3, -0.25) is 0 Å². The molecule has 0 bridgehead atoms. The van der Waals surface area contributed by atoms with E-state index < -0.39 is 0 Å². The summed E-state index contributed by atoms with van der Waals surface area (Å²) in [4.78, 5) is 0. The van der Waals surface area contributed by atoms with Gasteiger partial charge in [0, 0.05) is 6.04 Å². The summed E-state index contributed by atoms with van der Waals surface area (Å²) in [7, 11) is 0. The fourth-order valence-corrected chi connectivity index (χ4v) is 2.24. The van der Waals surface area contributed by atoms with Crippen LogP contribution in [0.1, 0.15) is 42.9 Å². The summed E-state index contributed by atoms with van der Waals surface area (Å²) in [6.07, 6.45) is 2.15. The van der Waals surface area contributed by atoms with Crippen molar-refractivity contribution in [2.75, 3.05) is 0 Å². The highest BCUT2D eigenvalue weighted by Crippen LogP contribution is 2.24. The van der Waals surface area contributed by atoms with Crippen LogP contribution in [0, 0.1) is 0 Å². The molecule has 0 saturated carbocycles. The van der Waals surface area contributed by atoms with Crippen molar-refractivity contribution >= 4 is 0 Å². The van der Waals surface area contributed by atoms with E-state index in [2.05, 4.69) is 61.5 Å². The average Bonchev–Trinajstić information content (AvgIpc) is 2.46. The molecule has 0 saturated heterocycles. The standard InChI is InChI=1S/C17H21N/c1-14(15-8-4-2-5-9-15)12-13-17(18)16-10-6-3-7-11-16/h2-11,14,17H,12-13,18H2,1H3/t14-,17-/m1/s1. The number of nitrogens with two attached hydrogens (primary N) is 1. The van der Waals surface area contributed by atoms with Gasteiger partial charge in [-0.15, -0.1) is 0 Å². The van der Waals surface area contributed by atoms with Crippen molar-refractivity contribution in [3.05, 3.63) is 71.8 Å². The van der Waals surface area contributed by atoms with Crippen LogP contribution in [0.3, 0.4) is 0 Å². The van der Waals surface area contributed by atoms with Gasteiger partial charge in [0.2, 0.25) is 0 Å². The van der Waals surface area contributed by atoms with Crippen LogP contribution in [0.5, 0.6) is 0 Å². The average molecular weight is 239 g/mol. The molecule has 0 radical (unpaired) electrons. The first-order valence-corrected chi connectivity index (χ1v) is 6.63. The van der Waals surface area contributed by atoms with Crippen molar-refractivity contribution in [1.82, 2.24) is 0 Å². The molecule has 0 aliphatic carbocycles. The molecule has 2 atom stereocenters. The third-order valence-electron chi connectivity index (χ3n) is 3.51. The molecule has 0 amide bonds. The normalized spacial score (nSPS) is 14.1. The first kappa shape index (κ1) is 12.8. The third-order valence-corrected chi connectivity index (χ3v) is 3.51. The second kappa shape index (κ2) is 6.36. The second-order valence-corrected chi connectivity index (χ2v) is 4.91. The molecule has 94 valence electrons. The molecule has 2 aromatic carbocycles. The van der Waals surface area contributed by atoms with Gasteiger partial charge >= 0.3 is 0 Å². The highest BCUT2D eigenvalue weighted by molar-refractivity contribution is 5.20. The predicted octanol–water partition coefficient (Wildman–Crippen LogP) is 4.27. The molecule has 0 aliphatic rings. The van der Waals surface area contributed by atoms with Gasteiger partial charge in [-0.1, -0.05) is 67.6 Å². The van der Waals surface area contributed by atoms with Crippen LogP contribution in [-0.2, 0) is 0 Å². The van der Waals surface area contributed by atoms with Gasteiger partial charge in [-0.25, -0.2) is 0 Å². The molecule has 0 spiro atoms.